The lowest BCUT2D eigenvalue weighted by molar-refractivity contribution is -0.120. The van der Waals surface area contributed by atoms with Gasteiger partial charge < -0.3 is 16.0 Å². The van der Waals surface area contributed by atoms with Crippen LogP contribution in [0.15, 0.2) is 54.6 Å². The molecule has 3 N–H and O–H groups in total. The molecule has 0 heterocycles. The Labute approximate surface area is 158 Å². The molecular weight excluding hydrogens is 346 g/mol. The summed E-state index contributed by atoms with van der Waals surface area (Å²) in [6, 6.07) is 17.1. The quantitative estimate of drug-likeness (QED) is 0.687. The smallest absolute Gasteiger partial charge is 0.253 e. The van der Waals surface area contributed by atoms with Gasteiger partial charge in [0.15, 0.2) is 5.11 Å². The summed E-state index contributed by atoms with van der Waals surface area (Å²) in [6.07, 6.45) is 2.59. The Morgan fingerprint density at radius 2 is 1.69 bits per heavy atom. The number of anilines is 1. The van der Waals surface area contributed by atoms with Gasteiger partial charge in [-0.25, -0.2) is 0 Å². The van der Waals surface area contributed by atoms with Crippen LogP contribution in [0.3, 0.4) is 0 Å². The van der Waals surface area contributed by atoms with Gasteiger partial charge in [-0.05, 0) is 49.2 Å². The van der Waals surface area contributed by atoms with Crippen molar-refractivity contribution in [3.8, 4) is 0 Å². The normalized spacial score (nSPS) is 12.9. The van der Waals surface area contributed by atoms with Crippen LogP contribution in [0.2, 0.25) is 0 Å². The third-order valence-corrected chi connectivity index (χ3v) is 4.35. The van der Waals surface area contributed by atoms with Gasteiger partial charge in [0, 0.05) is 12.5 Å². The molecule has 134 valence electrons. The number of carbonyl (C=O) groups is 2. The van der Waals surface area contributed by atoms with E-state index in [1.54, 1.807) is 18.2 Å². The van der Waals surface area contributed by atoms with Crippen molar-refractivity contribution in [2.45, 2.75) is 19.3 Å². The minimum Gasteiger partial charge on any atom is -0.352 e. The van der Waals surface area contributed by atoms with Crippen LogP contribution in [-0.4, -0.2) is 23.5 Å². The van der Waals surface area contributed by atoms with Gasteiger partial charge in [-0.1, -0.05) is 42.5 Å². The number of thiocarbonyl (C=S) groups is 1. The van der Waals surface area contributed by atoms with Gasteiger partial charge in [-0.3, -0.25) is 9.59 Å². The molecule has 0 aliphatic heterocycles. The lowest BCUT2D eigenvalue weighted by Crippen LogP contribution is -2.36. The Morgan fingerprint density at radius 3 is 2.42 bits per heavy atom. The molecule has 1 aliphatic rings. The van der Waals surface area contributed by atoms with Crippen LogP contribution in [0.4, 0.5) is 5.69 Å². The molecule has 0 atom stereocenters. The number of para-hydroxylation sites is 1. The van der Waals surface area contributed by atoms with Crippen molar-refractivity contribution >= 4 is 34.8 Å². The second kappa shape index (κ2) is 8.58. The van der Waals surface area contributed by atoms with Crippen LogP contribution in [0.25, 0.3) is 0 Å². The highest BCUT2D eigenvalue weighted by Crippen LogP contribution is 2.28. The zero-order valence-electron chi connectivity index (χ0n) is 14.3. The van der Waals surface area contributed by atoms with Crippen molar-refractivity contribution in [2.75, 3.05) is 11.9 Å². The molecule has 1 saturated carbocycles. The number of benzene rings is 2. The first kappa shape index (κ1) is 18.1. The number of amides is 2. The van der Waals surface area contributed by atoms with E-state index in [0.717, 1.165) is 19.3 Å². The number of nitrogens with one attached hydrogen (secondary N) is 3. The van der Waals surface area contributed by atoms with Crippen molar-refractivity contribution in [3.05, 3.63) is 65.7 Å². The SMILES string of the molecule is O=C(NCCc1ccccc1)c1ccccc1NC(=S)NC(=O)C1CC1. The number of carbonyl (C=O) groups excluding carboxylic acids is 2. The molecule has 1 aliphatic carbocycles. The standard InChI is InChI=1S/C20H21N3O2S/c24-18(15-10-11-15)23-20(26)22-17-9-5-4-8-16(17)19(25)21-13-12-14-6-2-1-3-7-14/h1-9,15H,10-13H2,(H,21,25)(H2,22,23,24,26). The summed E-state index contributed by atoms with van der Waals surface area (Å²) in [5.41, 5.74) is 2.23. The Balaban J connectivity index is 1.56. The predicted octanol–water partition coefficient (Wildman–Crippen LogP) is 2.88. The van der Waals surface area contributed by atoms with E-state index in [9.17, 15) is 9.59 Å². The fourth-order valence-corrected chi connectivity index (χ4v) is 2.77. The summed E-state index contributed by atoms with van der Waals surface area (Å²) >= 11 is 5.18. The number of hydrogen-bond donors (Lipinski definition) is 3. The number of rotatable bonds is 6. The van der Waals surface area contributed by atoms with Crippen molar-refractivity contribution in [2.24, 2.45) is 5.92 Å². The molecule has 1 fully saturated rings. The van der Waals surface area contributed by atoms with Crippen LogP contribution >= 0.6 is 12.2 Å². The average Bonchev–Trinajstić information content (AvgIpc) is 3.48. The van der Waals surface area contributed by atoms with Gasteiger partial charge >= 0.3 is 0 Å². The zero-order valence-corrected chi connectivity index (χ0v) is 15.1. The predicted molar refractivity (Wildman–Crippen MR) is 106 cm³/mol. The van der Waals surface area contributed by atoms with Crippen LogP contribution < -0.4 is 16.0 Å². The number of hydrogen-bond acceptors (Lipinski definition) is 3. The minimum atomic E-state index is -0.180. The lowest BCUT2D eigenvalue weighted by atomic mass is 10.1. The van der Waals surface area contributed by atoms with Crippen molar-refractivity contribution in [1.82, 2.24) is 10.6 Å². The molecule has 0 bridgehead atoms. The average molecular weight is 367 g/mol. The molecule has 0 unspecified atom stereocenters. The van der Waals surface area contributed by atoms with E-state index < -0.39 is 0 Å². The molecule has 0 radical (unpaired) electrons. The zero-order chi connectivity index (χ0) is 18.4. The summed E-state index contributed by atoms with van der Waals surface area (Å²) in [5.74, 6) is -0.168. The van der Waals surface area contributed by atoms with E-state index in [2.05, 4.69) is 16.0 Å². The first-order valence-corrected chi connectivity index (χ1v) is 9.07. The van der Waals surface area contributed by atoms with E-state index >= 15 is 0 Å². The maximum Gasteiger partial charge on any atom is 0.253 e. The van der Waals surface area contributed by atoms with E-state index in [1.807, 2.05) is 36.4 Å². The first-order chi connectivity index (χ1) is 12.6. The van der Waals surface area contributed by atoms with E-state index in [4.69, 9.17) is 12.2 Å². The van der Waals surface area contributed by atoms with Crippen molar-refractivity contribution in [3.63, 3.8) is 0 Å². The van der Waals surface area contributed by atoms with Crippen LogP contribution in [0, 0.1) is 5.92 Å². The first-order valence-electron chi connectivity index (χ1n) is 8.66. The molecule has 3 rings (SSSR count). The van der Waals surface area contributed by atoms with Crippen molar-refractivity contribution < 1.29 is 9.59 Å². The minimum absolute atomic E-state index is 0.0627. The molecule has 0 aromatic heterocycles. The topological polar surface area (TPSA) is 70.2 Å². The Bertz CT molecular complexity index is 804. The van der Waals surface area contributed by atoms with E-state index in [0.29, 0.717) is 17.8 Å². The van der Waals surface area contributed by atoms with Gasteiger partial charge in [-0.15, -0.1) is 0 Å². The van der Waals surface area contributed by atoms with E-state index in [1.165, 1.54) is 5.56 Å². The van der Waals surface area contributed by atoms with Gasteiger partial charge in [0.25, 0.3) is 5.91 Å². The molecule has 5 nitrogen and oxygen atoms in total. The van der Waals surface area contributed by atoms with Crippen molar-refractivity contribution in [1.29, 1.82) is 0 Å². The maximum atomic E-state index is 12.5. The van der Waals surface area contributed by atoms with Gasteiger partial charge in [0.2, 0.25) is 5.91 Å². The lowest BCUT2D eigenvalue weighted by Gasteiger charge is -2.13. The maximum absolute atomic E-state index is 12.5. The molecule has 2 aromatic carbocycles. The highest BCUT2D eigenvalue weighted by molar-refractivity contribution is 7.80. The molecule has 0 spiro atoms. The summed E-state index contributed by atoms with van der Waals surface area (Å²) < 4.78 is 0. The third-order valence-electron chi connectivity index (χ3n) is 4.15. The van der Waals surface area contributed by atoms with E-state index in [-0.39, 0.29) is 22.8 Å². The molecule has 0 saturated heterocycles. The van der Waals surface area contributed by atoms with Gasteiger partial charge in [-0.2, -0.15) is 0 Å². The summed E-state index contributed by atoms with van der Waals surface area (Å²) in [5, 5.41) is 8.76. The Hall–Kier alpha value is -2.73. The highest BCUT2D eigenvalue weighted by Gasteiger charge is 2.30. The second-order valence-electron chi connectivity index (χ2n) is 6.25. The Kier molecular flexibility index (Phi) is 5.96. The molecule has 6 heteroatoms. The van der Waals surface area contributed by atoms with Crippen LogP contribution in [0.5, 0.6) is 0 Å². The molecule has 2 aromatic rings. The molecule has 2 amide bonds. The second-order valence-corrected chi connectivity index (χ2v) is 6.66. The monoisotopic (exact) mass is 367 g/mol. The fourth-order valence-electron chi connectivity index (χ4n) is 2.56. The highest BCUT2D eigenvalue weighted by atomic mass is 32.1. The molecule has 26 heavy (non-hydrogen) atoms. The van der Waals surface area contributed by atoms with Crippen LogP contribution in [0.1, 0.15) is 28.8 Å². The van der Waals surface area contributed by atoms with Gasteiger partial charge in [0.1, 0.15) is 0 Å². The summed E-state index contributed by atoms with van der Waals surface area (Å²) in [7, 11) is 0. The Morgan fingerprint density at radius 1 is 1.00 bits per heavy atom. The van der Waals surface area contributed by atoms with Crippen LogP contribution in [-0.2, 0) is 11.2 Å². The molecular formula is C20H21N3O2S. The fraction of sp³-hybridized carbons (Fsp3) is 0.250. The third kappa shape index (κ3) is 5.13. The summed E-state index contributed by atoms with van der Waals surface area (Å²) in [4.78, 5) is 24.3. The largest absolute Gasteiger partial charge is 0.352 e. The van der Waals surface area contributed by atoms with Gasteiger partial charge in [0.05, 0.1) is 11.3 Å². The summed E-state index contributed by atoms with van der Waals surface area (Å²) in [6.45, 7) is 0.542.